The van der Waals surface area contributed by atoms with Crippen LogP contribution in [0.15, 0.2) is 112 Å². The van der Waals surface area contributed by atoms with Crippen LogP contribution in [-0.2, 0) is 10.0 Å². The lowest BCUT2D eigenvalue weighted by atomic mass is 10.0. The van der Waals surface area contributed by atoms with Gasteiger partial charge in [0.2, 0.25) is 5.89 Å². The summed E-state index contributed by atoms with van der Waals surface area (Å²) in [6, 6.07) is 29.0. The highest BCUT2D eigenvalue weighted by molar-refractivity contribution is 7.92. The van der Waals surface area contributed by atoms with Crippen molar-refractivity contribution in [2.45, 2.75) is 4.90 Å². The minimum absolute atomic E-state index is 0.0280. The monoisotopic (exact) mass is 521 g/mol. The number of aromatic carboxylic acids is 1. The zero-order chi connectivity index (χ0) is 26.3. The predicted molar refractivity (Wildman–Crippen MR) is 144 cm³/mol. The van der Waals surface area contributed by atoms with E-state index in [1.54, 1.807) is 54.6 Å². The fourth-order valence-electron chi connectivity index (χ4n) is 4.25. The predicted octanol–water partition coefficient (Wildman–Crippen LogP) is 6.21. The van der Waals surface area contributed by atoms with Crippen LogP contribution in [0.4, 0.5) is 5.69 Å². The molecule has 0 spiro atoms. The average Bonchev–Trinajstić information content (AvgIpc) is 3.38. The fraction of sp³-hybridized carbons (Fsp3) is 0. The molecule has 0 aliphatic carbocycles. The zero-order valence-electron chi connectivity index (χ0n) is 19.7. The van der Waals surface area contributed by atoms with Crippen LogP contribution in [-0.4, -0.2) is 29.5 Å². The number of aromatic nitrogens is 2. The molecule has 0 saturated heterocycles. The van der Waals surface area contributed by atoms with Crippen LogP contribution in [0.2, 0.25) is 0 Å². The van der Waals surface area contributed by atoms with Crippen molar-refractivity contribution in [2.75, 3.05) is 4.72 Å². The van der Waals surface area contributed by atoms with Gasteiger partial charge >= 0.3 is 5.97 Å². The van der Waals surface area contributed by atoms with Crippen molar-refractivity contribution < 1.29 is 22.7 Å². The van der Waals surface area contributed by atoms with Gasteiger partial charge in [-0.3, -0.25) is 4.72 Å². The number of pyridine rings is 1. The number of carbonyl (C=O) groups is 1. The molecule has 0 bridgehead atoms. The average molecular weight is 522 g/mol. The number of carboxylic acids is 1. The summed E-state index contributed by atoms with van der Waals surface area (Å²) in [5.41, 5.74) is 3.55. The second-order valence-electron chi connectivity index (χ2n) is 8.55. The van der Waals surface area contributed by atoms with E-state index in [4.69, 9.17) is 4.42 Å². The van der Waals surface area contributed by atoms with Gasteiger partial charge in [-0.25, -0.2) is 23.2 Å². The summed E-state index contributed by atoms with van der Waals surface area (Å²) < 4.78 is 33.8. The molecule has 0 aliphatic heterocycles. The number of nitrogens with one attached hydrogen (secondary N) is 1. The molecule has 6 aromatic rings. The van der Waals surface area contributed by atoms with Crippen LogP contribution >= 0.6 is 0 Å². The van der Waals surface area contributed by atoms with Gasteiger partial charge in [-0.2, -0.15) is 0 Å². The number of hydrogen-bond acceptors (Lipinski definition) is 6. The van der Waals surface area contributed by atoms with E-state index in [1.165, 1.54) is 18.2 Å². The molecule has 0 radical (unpaired) electrons. The molecule has 6 rings (SSSR count). The van der Waals surface area contributed by atoms with Crippen LogP contribution in [0.25, 0.3) is 44.7 Å². The van der Waals surface area contributed by atoms with E-state index < -0.39 is 16.0 Å². The molecular formula is C29H19N3O5S. The van der Waals surface area contributed by atoms with Crippen molar-refractivity contribution in [3.05, 3.63) is 109 Å². The molecule has 2 heterocycles. The van der Waals surface area contributed by atoms with Crippen LogP contribution in [0.1, 0.15) is 10.4 Å². The van der Waals surface area contributed by atoms with E-state index in [0.717, 1.165) is 5.56 Å². The number of fused-ring (bicyclic) bond motifs is 3. The summed E-state index contributed by atoms with van der Waals surface area (Å²) in [5, 5.41) is 10.4. The standard InChI is InChI=1S/C29H19N3O5S/c33-29(34)22-17-25(18-11-13-20(14-12-18)32-38(35,36)21-9-5-2-6-10-21)30-23-15-16-24-27(26(22)23)37-28(31-24)19-7-3-1-4-8-19/h1-17,32H,(H,33,34). The summed E-state index contributed by atoms with van der Waals surface area (Å²) in [6.45, 7) is 0. The highest BCUT2D eigenvalue weighted by Crippen LogP contribution is 2.34. The first-order chi connectivity index (χ1) is 18.4. The lowest BCUT2D eigenvalue weighted by molar-refractivity contribution is 0.0699. The number of rotatable bonds is 6. The molecule has 186 valence electrons. The molecule has 4 aromatic carbocycles. The van der Waals surface area contributed by atoms with Gasteiger partial charge in [-0.1, -0.05) is 48.5 Å². The Kier molecular flexibility index (Phi) is 5.62. The number of hydrogen-bond donors (Lipinski definition) is 2. The molecule has 0 amide bonds. The Morgan fingerprint density at radius 2 is 1.42 bits per heavy atom. The first-order valence-electron chi connectivity index (χ1n) is 11.6. The van der Waals surface area contributed by atoms with Crippen molar-refractivity contribution in [3.8, 4) is 22.7 Å². The van der Waals surface area contributed by atoms with Gasteiger partial charge in [-0.05, 0) is 54.6 Å². The van der Waals surface area contributed by atoms with Gasteiger partial charge in [0.1, 0.15) is 5.52 Å². The smallest absolute Gasteiger partial charge is 0.336 e. The van der Waals surface area contributed by atoms with Crippen molar-refractivity contribution in [2.24, 2.45) is 0 Å². The Labute approximate surface area is 217 Å². The number of oxazole rings is 1. The Bertz CT molecular complexity index is 1920. The van der Waals surface area contributed by atoms with E-state index in [9.17, 15) is 18.3 Å². The number of nitrogens with zero attached hydrogens (tertiary/aromatic N) is 2. The van der Waals surface area contributed by atoms with Crippen LogP contribution in [0, 0.1) is 0 Å². The first kappa shape index (κ1) is 23.4. The van der Waals surface area contributed by atoms with E-state index in [2.05, 4.69) is 14.7 Å². The van der Waals surface area contributed by atoms with Crippen molar-refractivity contribution in [1.82, 2.24) is 9.97 Å². The maximum Gasteiger partial charge on any atom is 0.336 e. The molecular weight excluding hydrogens is 502 g/mol. The third kappa shape index (κ3) is 4.25. The lowest BCUT2D eigenvalue weighted by Gasteiger charge is -2.10. The number of sulfonamides is 1. The Balaban J connectivity index is 1.39. The summed E-state index contributed by atoms with van der Waals surface area (Å²) >= 11 is 0. The normalized spacial score (nSPS) is 11.6. The molecule has 0 saturated carbocycles. The van der Waals surface area contributed by atoms with E-state index in [1.807, 2.05) is 30.3 Å². The minimum atomic E-state index is -3.74. The van der Waals surface area contributed by atoms with Crippen LogP contribution in [0.3, 0.4) is 0 Å². The highest BCUT2D eigenvalue weighted by Gasteiger charge is 2.20. The molecule has 2 N–H and O–H groups in total. The molecule has 38 heavy (non-hydrogen) atoms. The molecule has 9 heteroatoms. The van der Waals surface area contributed by atoms with Gasteiger partial charge < -0.3 is 9.52 Å². The van der Waals surface area contributed by atoms with Gasteiger partial charge in [0, 0.05) is 16.8 Å². The van der Waals surface area contributed by atoms with Gasteiger partial charge in [0.15, 0.2) is 5.58 Å². The summed E-state index contributed by atoms with van der Waals surface area (Å²) in [4.78, 5) is 21.7. The van der Waals surface area contributed by atoms with E-state index in [0.29, 0.717) is 44.8 Å². The number of benzene rings is 4. The van der Waals surface area contributed by atoms with Crippen LogP contribution < -0.4 is 4.72 Å². The molecule has 0 aliphatic rings. The largest absolute Gasteiger partial charge is 0.478 e. The maximum absolute atomic E-state index is 12.6. The highest BCUT2D eigenvalue weighted by atomic mass is 32.2. The summed E-state index contributed by atoms with van der Waals surface area (Å²) in [5.74, 6) is -0.738. The topological polar surface area (TPSA) is 122 Å². The number of anilines is 1. The fourth-order valence-corrected chi connectivity index (χ4v) is 5.33. The van der Waals surface area contributed by atoms with Gasteiger partial charge in [0.05, 0.1) is 27.1 Å². The molecule has 2 aromatic heterocycles. The van der Waals surface area contributed by atoms with E-state index in [-0.39, 0.29) is 10.5 Å². The molecule has 8 nitrogen and oxygen atoms in total. The number of carboxylic acid groups (broad SMARTS) is 1. The van der Waals surface area contributed by atoms with Crippen molar-refractivity contribution in [1.29, 1.82) is 0 Å². The first-order valence-corrected chi connectivity index (χ1v) is 13.1. The van der Waals surface area contributed by atoms with Gasteiger partial charge in [0.25, 0.3) is 10.0 Å². The quantitative estimate of drug-likeness (QED) is 0.267. The lowest BCUT2D eigenvalue weighted by Crippen LogP contribution is -2.12. The maximum atomic E-state index is 12.6. The SMILES string of the molecule is O=C(O)c1cc(-c2ccc(NS(=O)(=O)c3ccccc3)cc2)nc2ccc3nc(-c4ccccc4)oc3c12. The zero-order valence-corrected chi connectivity index (χ0v) is 20.5. The van der Waals surface area contributed by atoms with Crippen molar-refractivity contribution in [3.63, 3.8) is 0 Å². The second kappa shape index (κ2) is 9.13. The summed E-state index contributed by atoms with van der Waals surface area (Å²) in [7, 11) is -3.74. The molecule has 0 fully saturated rings. The third-order valence-electron chi connectivity index (χ3n) is 6.06. The molecule has 0 unspecified atom stereocenters. The second-order valence-corrected chi connectivity index (χ2v) is 10.2. The Hall–Kier alpha value is -5.02. The van der Waals surface area contributed by atoms with Gasteiger partial charge in [-0.15, -0.1) is 0 Å². The Morgan fingerprint density at radius 3 is 2.11 bits per heavy atom. The minimum Gasteiger partial charge on any atom is -0.478 e. The van der Waals surface area contributed by atoms with E-state index >= 15 is 0 Å². The summed E-state index contributed by atoms with van der Waals surface area (Å²) in [6.07, 6.45) is 0. The Morgan fingerprint density at radius 1 is 0.763 bits per heavy atom. The third-order valence-corrected chi connectivity index (χ3v) is 7.46. The molecule has 0 atom stereocenters. The van der Waals surface area contributed by atoms with Crippen LogP contribution in [0.5, 0.6) is 0 Å². The van der Waals surface area contributed by atoms with Crippen molar-refractivity contribution >= 4 is 43.7 Å².